The molecule has 8 heteroatoms. The van der Waals surface area contributed by atoms with E-state index in [1.165, 1.54) is 24.3 Å². The van der Waals surface area contributed by atoms with Gasteiger partial charge in [0.1, 0.15) is 0 Å². The average Bonchev–Trinajstić information content (AvgIpc) is 2.65. The van der Waals surface area contributed by atoms with E-state index in [1.54, 1.807) is 36.4 Å². The monoisotopic (exact) mass is 399 g/mol. The molecule has 0 aliphatic carbocycles. The predicted octanol–water partition coefficient (Wildman–Crippen LogP) is -0.915. The summed E-state index contributed by atoms with van der Waals surface area (Å²) in [5, 5.41) is 36.4. The van der Waals surface area contributed by atoms with Gasteiger partial charge in [0, 0.05) is 0 Å². The topological polar surface area (TPSA) is 130 Å². The van der Waals surface area contributed by atoms with Crippen LogP contribution in [0, 0.1) is 0 Å². The van der Waals surface area contributed by atoms with Crippen molar-refractivity contribution < 1.29 is 53.3 Å². The fourth-order valence-corrected chi connectivity index (χ4v) is 1.38. The van der Waals surface area contributed by atoms with Gasteiger partial charge in [-0.2, -0.15) is 0 Å². The molecule has 2 rings (SSSR count). The molecule has 0 atom stereocenters. The Labute approximate surface area is 163 Å². The smallest absolute Gasteiger partial charge is 0.545 e. The van der Waals surface area contributed by atoms with Crippen LogP contribution < -0.4 is 10.2 Å². The molecule has 2 N–H and O–H groups in total. The van der Waals surface area contributed by atoms with Crippen LogP contribution >= 0.6 is 0 Å². The minimum absolute atomic E-state index is 0. The fraction of sp³-hybridized carbons (Fsp3) is 0.222. The van der Waals surface area contributed by atoms with Crippen LogP contribution in [-0.2, 0) is 23.3 Å². The second kappa shape index (κ2) is 17.7. The number of hydrogen-bond acceptors (Lipinski definition) is 7. The number of aliphatic hydroxyl groups excluding tert-OH is 2. The van der Waals surface area contributed by atoms with Crippen LogP contribution in [0.15, 0.2) is 60.7 Å². The summed E-state index contributed by atoms with van der Waals surface area (Å²) >= 11 is 0. The standard InChI is InChI=1S/2C7H6O2.C4H10O3.V/c2*8-7(9)6-4-2-1-3-5-6;5-1-3-7-4-2-6;/h2*1-5H,(H,8,9);5-6H,1-4H2;/q;;;+2/p-2. The molecule has 2 aromatic rings. The van der Waals surface area contributed by atoms with Crippen molar-refractivity contribution >= 4 is 11.9 Å². The first-order valence-electron chi connectivity index (χ1n) is 7.35. The number of carboxylic acid groups (broad SMARTS) is 2. The first kappa shape index (κ1) is 26.1. The van der Waals surface area contributed by atoms with Crippen LogP contribution in [0.25, 0.3) is 0 Å². The summed E-state index contributed by atoms with van der Waals surface area (Å²) in [5.41, 5.74) is 0.440. The van der Waals surface area contributed by atoms with Crippen LogP contribution in [0.5, 0.6) is 0 Å². The summed E-state index contributed by atoms with van der Waals surface area (Å²) in [6.07, 6.45) is 0. The van der Waals surface area contributed by atoms with Crippen molar-refractivity contribution in [1.29, 1.82) is 0 Å². The van der Waals surface area contributed by atoms with E-state index in [1.807, 2.05) is 0 Å². The van der Waals surface area contributed by atoms with E-state index in [2.05, 4.69) is 4.74 Å². The van der Waals surface area contributed by atoms with Gasteiger partial charge >= 0.3 is 18.6 Å². The molecule has 0 aromatic heterocycles. The minimum Gasteiger partial charge on any atom is -0.545 e. The minimum atomic E-state index is -1.13. The van der Waals surface area contributed by atoms with Crippen molar-refractivity contribution in [2.45, 2.75) is 0 Å². The largest absolute Gasteiger partial charge is 2.00 e. The van der Waals surface area contributed by atoms with Crippen LogP contribution in [0.3, 0.4) is 0 Å². The van der Waals surface area contributed by atoms with E-state index < -0.39 is 11.9 Å². The molecule has 0 saturated carbocycles. The van der Waals surface area contributed by atoms with E-state index in [0.717, 1.165) is 0 Å². The first-order valence-corrected chi connectivity index (χ1v) is 7.35. The van der Waals surface area contributed by atoms with Gasteiger partial charge in [0.25, 0.3) is 0 Å². The SMILES string of the molecule is O=C([O-])c1ccccc1.O=C([O-])c1ccccc1.OCCOCCO.[V+2]. The predicted molar refractivity (Wildman–Crippen MR) is 86.5 cm³/mol. The van der Waals surface area contributed by atoms with E-state index >= 15 is 0 Å². The van der Waals surface area contributed by atoms with Gasteiger partial charge < -0.3 is 34.8 Å². The fourth-order valence-electron chi connectivity index (χ4n) is 1.38. The zero-order chi connectivity index (χ0) is 18.9. The normalized spacial score (nSPS) is 8.69. The van der Waals surface area contributed by atoms with E-state index in [4.69, 9.17) is 10.2 Å². The molecule has 0 aliphatic rings. The molecular weight excluding hydrogens is 379 g/mol. The van der Waals surface area contributed by atoms with Crippen molar-refractivity contribution in [3.05, 3.63) is 71.8 Å². The Balaban J connectivity index is 0. The van der Waals surface area contributed by atoms with Crippen LogP contribution in [0.2, 0.25) is 0 Å². The van der Waals surface area contributed by atoms with Crippen molar-refractivity contribution in [3.63, 3.8) is 0 Å². The summed E-state index contributed by atoms with van der Waals surface area (Å²) in [5.74, 6) is -2.26. The summed E-state index contributed by atoms with van der Waals surface area (Å²) in [6, 6.07) is 16.1. The molecule has 0 amide bonds. The summed E-state index contributed by atoms with van der Waals surface area (Å²) in [7, 11) is 0. The summed E-state index contributed by atoms with van der Waals surface area (Å²) < 4.78 is 4.63. The van der Waals surface area contributed by atoms with Crippen LogP contribution in [0.1, 0.15) is 20.7 Å². The van der Waals surface area contributed by atoms with Gasteiger partial charge in [-0.05, 0) is 11.1 Å². The third-order valence-corrected chi connectivity index (χ3v) is 2.49. The summed E-state index contributed by atoms with van der Waals surface area (Å²) in [6.45, 7) is 0.696. The molecule has 0 fully saturated rings. The molecule has 139 valence electrons. The quantitative estimate of drug-likeness (QED) is 0.601. The van der Waals surface area contributed by atoms with Gasteiger partial charge in [-0.1, -0.05) is 60.7 Å². The van der Waals surface area contributed by atoms with Crippen molar-refractivity contribution in [2.24, 2.45) is 0 Å². The van der Waals surface area contributed by atoms with E-state index in [0.29, 0.717) is 13.2 Å². The number of ether oxygens (including phenoxy) is 1. The van der Waals surface area contributed by atoms with E-state index in [-0.39, 0.29) is 42.9 Å². The molecule has 7 nitrogen and oxygen atoms in total. The Morgan fingerprint density at radius 3 is 1.23 bits per heavy atom. The van der Waals surface area contributed by atoms with Gasteiger partial charge in [0.15, 0.2) is 0 Å². The number of hydrogen-bond donors (Lipinski definition) is 2. The van der Waals surface area contributed by atoms with Crippen LogP contribution in [-0.4, -0.2) is 48.6 Å². The number of carboxylic acids is 2. The van der Waals surface area contributed by atoms with Gasteiger partial charge in [-0.25, -0.2) is 0 Å². The van der Waals surface area contributed by atoms with Gasteiger partial charge in [0.05, 0.1) is 38.4 Å². The number of aromatic carboxylic acids is 2. The second-order valence-corrected chi connectivity index (χ2v) is 4.37. The molecule has 26 heavy (non-hydrogen) atoms. The van der Waals surface area contributed by atoms with Gasteiger partial charge in [-0.15, -0.1) is 0 Å². The zero-order valence-electron chi connectivity index (χ0n) is 14.0. The average molecular weight is 399 g/mol. The van der Waals surface area contributed by atoms with Gasteiger partial charge in [0.2, 0.25) is 0 Å². The maximum Gasteiger partial charge on any atom is 2.00 e. The third-order valence-electron chi connectivity index (χ3n) is 2.49. The Bertz CT molecular complexity index is 538. The second-order valence-electron chi connectivity index (χ2n) is 4.37. The molecule has 1 radical (unpaired) electrons. The van der Waals surface area contributed by atoms with Crippen molar-refractivity contribution in [2.75, 3.05) is 26.4 Å². The Morgan fingerprint density at radius 2 is 1.04 bits per heavy atom. The van der Waals surface area contributed by atoms with Crippen molar-refractivity contribution in [1.82, 2.24) is 0 Å². The number of carbonyl (C=O) groups is 2. The molecule has 0 aliphatic heterocycles. The van der Waals surface area contributed by atoms with Gasteiger partial charge in [-0.3, -0.25) is 0 Å². The number of benzene rings is 2. The number of rotatable bonds is 6. The molecule has 0 spiro atoms. The van der Waals surface area contributed by atoms with Crippen LogP contribution in [0.4, 0.5) is 0 Å². The molecule has 0 unspecified atom stereocenters. The summed E-state index contributed by atoms with van der Waals surface area (Å²) in [4.78, 5) is 20.2. The zero-order valence-corrected chi connectivity index (χ0v) is 15.4. The first-order chi connectivity index (χ1) is 12.0. The molecule has 0 heterocycles. The molecular formula is C18H20O7V. The van der Waals surface area contributed by atoms with E-state index in [9.17, 15) is 19.8 Å². The Hall–Kier alpha value is -2.16. The number of carbonyl (C=O) groups excluding carboxylic acids is 2. The molecule has 2 aromatic carbocycles. The molecule has 0 saturated heterocycles. The molecule has 0 bridgehead atoms. The maximum atomic E-state index is 10.1. The number of aliphatic hydroxyl groups is 2. The Morgan fingerprint density at radius 1 is 0.731 bits per heavy atom. The van der Waals surface area contributed by atoms with Crippen molar-refractivity contribution in [3.8, 4) is 0 Å². The third kappa shape index (κ3) is 14.2. The maximum absolute atomic E-state index is 10.1. The Kier molecular flexibility index (Phi) is 17.7.